The first-order chi connectivity index (χ1) is 14.0. The second kappa shape index (κ2) is 8.47. The second-order valence-electron chi connectivity index (χ2n) is 6.10. The smallest absolute Gasteiger partial charge is 0.307 e. The van der Waals surface area contributed by atoms with Crippen LogP contribution >= 0.6 is 0 Å². The van der Waals surface area contributed by atoms with Gasteiger partial charge in [0.1, 0.15) is 23.0 Å². The van der Waals surface area contributed by atoms with Gasteiger partial charge >= 0.3 is 5.97 Å². The first-order valence-electron chi connectivity index (χ1n) is 8.72. The summed E-state index contributed by atoms with van der Waals surface area (Å²) >= 11 is 0. The van der Waals surface area contributed by atoms with Gasteiger partial charge in [-0.15, -0.1) is 0 Å². The number of benzene rings is 2. The minimum atomic E-state index is -0.948. The van der Waals surface area contributed by atoms with Crippen LogP contribution in [0, 0.1) is 0 Å². The monoisotopic (exact) mass is 396 g/mol. The van der Waals surface area contributed by atoms with E-state index in [0.717, 1.165) is 0 Å². The lowest BCUT2D eigenvalue weighted by atomic mass is 10.1. The molecule has 0 atom stereocenters. The molecular formula is C21H20N2O6. The molecule has 1 aromatic heterocycles. The first kappa shape index (κ1) is 19.9. The van der Waals surface area contributed by atoms with Crippen molar-refractivity contribution in [2.45, 2.75) is 6.42 Å². The number of hydrogen-bond acceptors (Lipinski definition) is 6. The number of amides is 1. The number of carbonyl (C=O) groups is 2. The number of carboxylic acid groups (broad SMARTS) is 1. The highest BCUT2D eigenvalue weighted by Gasteiger charge is 2.16. The Morgan fingerprint density at radius 2 is 1.79 bits per heavy atom. The number of methoxy groups -OCH3 is 2. The molecule has 0 saturated heterocycles. The maximum Gasteiger partial charge on any atom is 0.307 e. The molecule has 3 rings (SSSR count). The third-order valence-electron chi connectivity index (χ3n) is 4.32. The number of carbonyl (C=O) groups excluding carboxylic acids is 1. The molecule has 0 fully saturated rings. The highest BCUT2D eigenvalue weighted by Crippen LogP contribution is 2.35. The van der Waals surface area contributed by atoms with E-state index in [4.69, 9.17) is 19.3 Å². The summed E-state index contributed by atoms with van der Waals surface area (Å²) in [7, 11) is 4.49. The molecule has 1 amide bonds. The molecule has 0 radical (unpaired) electrons. The van der Waals surface area contributed by atoms with Crippen molar-refractivity contribution >= 4 is 22.8 Å². The molecule has 0 bridgehead atoms. The standard InChI is InChI=1S/C21H20N2O6/c1-22-21(26)15-10-16-14(11-19(15)28-3)17(6-7-23-16)29-13-5-4-12(8-20(24)25)18(9-13)27-2/h4-7,9-11H,8H2,1-3H3,(H,22,26)(H,24,25). The highest BCUT2D eigenvalue weighted by molar-refractivity contribution is 6.01. The SMILES string of the molecule is CNC(=O)c1cc2nccc(Oc3ccc(CC(=O)O)c(OC)c3)c2cc1OC. The molecule has 8 heteroatoms. The summed E-state index contributed by atoms with van der Waals surface area (Å²) in [6, 6.07) is 9.97. The zero-order valence-electron chi connectivity index (χ0n) is 16.2. The second-order valence-corrected chi connectivity index (χ2v) is 6.10. The quantitative estimate of drug-likeness (QED) is 0.632. The van der Waals surface area contributed by atoms with Crippen molar-refractivity contribution < 1.29 is 28.9 Å². The van der Waals surface area contributed by atoms with Gasteiger partial charge in [0.25, 0.3) is 5.91 Å². The lowest BCUT2D eigenvalue weighted by molar-refractivity contribution is -0.136. The molecule has 3 aromatic rings. The van der Waals surface area contributed by atoms with Crippen molar-refractivity contribution in [1.29, 1.82) is 0 Å². The van der Waals surface area contributed by atoms with Crippen LogP contribution in [0.2, 0.25) is 0 Å². The fraction of sp³-hybridized carbons (Fsp3) is 0.190. The van der Waals surface area contributed by atoms with Crippen molar-refractivity contribution in [3.8, 4) is 23.0 Å². The normalized spacial score (nSPS) is 10.4. The predicted molar refractivity (Wildman–Crippen MR) is 106 cm³/mol. The Morgan fingerprint density at radius 3 is 2.45 bits per heavy atom. The Labute approximate surface area is 167 Å². The fourth-order valence-corrected chi connectivity index (χ4v) is 2.94. The number of carboxylic acids is 1. The number of hydrogen-bond donors (Lipinski definition) is 2. The van der Waals surface area contributed by atoms with Gasteiger partial charge in [-0.05, 0) is 24.3 Å². The van der Waals surface area contributed by atoms with Crippen LogP contribution in [0.3, 0.4) is 0 Å². The number of ether oxygens (including phenoxy) is 3. The zero-order chi connectivity index (χ0) is 21.0. The van der Waals surface area contributed by atoms with Gasteiger partial charge in [-0.2, -0.15) is 0 Å². The van der Waals surface area contributed by atoms with Crippen LogP contribution in [0.4, 0.5) is 0 Å². The van der Waals surface area contributed by atoms with E-state index in [2.05, 4.69) is 10.3 Å². The number of fused-ring (bicyclic) bond motifs is 1. The van der Waals surface area contributed by atoms with E-state index in [-0.39, 0.29) is 12.3 Å². The number of aliphatic carboxylic acids is 1. The van der Waals surface area contributed by atoms with Crippen molar-refractivity contribution in [2.24, 2.45) is 0 Å². The summed E-state index contributed by atoms with van der Waals surface area (Å²) in [6.07, 6.45) is 1.43. The van der Waals surface area contributed by atoms with Crippen molar-refractivity contribution in [1.82, 2.24) is 10.3 Å². The van der Waals surface area contributed by atoms with Gasteiger partial charge in [0.05, 0.1) is 31.7 Å². The molecule has 0 spiro atoms. The van der Waals surface area contributed by atoms with Crippen molar-refractivity contribution in [3.63, 3.8) is 0 Å². The molecule has 8 nitrogen and oxygen atoms in total. The minimum Gasteiger partial charge on any atom is -0.496 e. The van der Waals surface area contributed by atoms with Crippen LogP contribution in [0.5, 0.6) is 23.0 Å². The van der Waals surface area contributed by atoms with Crippen molar-refractivity contribution in [3.05, 3.63) is 53.7 Å². The fourth-order valence-electron chi connectivity index (χ4n) is 2.94. The molecule has 2 N–H and O–H groups in total. The molecule has 2 aromatic carbocycles. The van der Waals surface area contributed by atoms with Gasteiger partial charge in [0.2, 0.25) is 0 Å². The van der Waals surface area contributed by atoms with E-state index < -0.39 is 5.97 Å². The van der Waals surface area contributed by atoms with Crippen LogP contribution in [-0.2, 0) is 11.2 Å². The van der Waals surface area contributed by atoms with E-state index >= 15 is 0 Å². The number of nitrogens with one attached hydrogen (secondary N) is 1. The molecule has 29 heavy (non-hydrogen) atoms. The molecule has 0 aliphatic heterocycles. The maximum absolute atomic E-state index is 12.1. The lowest BCUT2D eigenvalue weighted by Gasteiger charge is -2.14. The molecule has 0 aliphatic rings. The summed E-state index contributed by atoms with van der Waals surface area (Å²) in [6.45, 7) is 0. The molecule has 0 unspecified atom stereocenters. The van der Waals surface area contributed by atoms with Gasteiger partial charge in [0, 0.05) is 30.3 Å². The average molecular weight is 396 g/mol. The number of nitrogens with zero attached hydrogens (tertiary/aromatic N) is 1. The average Bonchev–Trinajstić information content (AvgIpc) is 2.73. The zero-order valence-corrected chi connectivity index (χ0v) is 16.2. The van der Waals surface area contributed by atoms with Crippen LogP contribution in [-0.4, -0.2) is 43.2 Å². The Balaban J connectivity index is 2.02. The maximum atomic E-state index is 12.1. The first-order valence-corrected chi connectivity index (χ1v) is 8.72. The predicted octanol–water partition coefficient (Wildman–Crippen LogP) is 3.03. The highest BCUT2D eigenvalue weighted by atomic mass is 16.5. The topological polar surface area (TPSA) is 107 Å². The van der Waals surface area contributed by atoms with E-state index in [9.17, 15) is 9.59 Å². The Kier molecular flexibility index (Phi) is 5.82. The third kappa shape index (κ3) is 4.21. The molecule has 150 valence electrons. The Hall–Kier alpha value is -3.81. The summed E-state index contributed by atoms with van der Waals surface area (Å²) in [5.41, 5.74) is 1.48. The summed E-state index contributed by atoms with van der Waals surface area (Å²) in [4.78, 5) is 27.4. The van der Waals surface area contributed by atoms with Crippen LogP contribution in [0.15, 0.2) is 42.6 Å². The number of aromatic nitrogens is 1. The van der Waals surface area contributed by atoms with Gasteiger partial charge in [-0.25, -0.2) is 0 Å². The Bertz CT molecular complexity index is 1080. The lowest BCUT2D eigenvalue weighted by Crippen LogP contribution is -2.18. The summed E-state index contributed by atoms with van der Waals surface area (Å²) < 4.78 is 16.6. The van der Waals surface area contributed by atoms with Crippen LogP contribution in [0.25, 0.3) is 10.9 Å². The van der Waals surface area contributed by atoms with E-state index in [1.807, 2.05) is 0 Å². The summed E-state index contributed by atoms with van der Waals surface area (Å²) in [5, 5.41) is 12.2. The van der Waals surface area contributed by atoms with E-state index in [1.54, 1.807) is 49.6 Å². The Morgan fingerprint density at radius 1 is 1.03 bits per heavy atom. The minimum absolute atomic E-state index is 0.152. The molecule has 0 aliphatic carbocycles. The molecular weight excluding hydrogens is 376 g/mol. The van der Waals surface area contributed by atoms with Gasteiger partial charge in [-0.3, -0.25) is 14.6 Å². The van der Waals surface area contributed by atoms with Crippen molar-refractivity contribution in [2.75, 3.05) is 21.3 Å². The number of rotatable bonds is 7. The largest absolute Gasteiger partial charge is 0.496 e. The molecule has 1 heterocycles. The third-order valence-corrected chi connectivity index (χ3v) is 4.32. The van der Waals surface area contributed by atoms with E-state index in [1.165, 1.54) is 14.2 Å². The van der Waals surface area contributed by atoms with E-state index in [0.29, 0.717) is 45.0 Å². The summed E-state index contributed by atoms with van der Waals surface area (Å²) in [5.74, 6) is 0.557. The number of pyridine rings is 1. The van der Waals surface area contributed by atoms with Gasteiger partial charge in [0.15, 0.2) is 0 Å². The van der Waals surface area contributed by atoms with Crippen LogP contribution in [0.1, 0.15) is 15.9 Å². The van der Waals surface area contributed by atoms with Gasteiger partial charge in [-0.1, -0.05) is 6.07 Å². The van der Waals surface area contributed by atoms with Gasteiger partial charge < -0.3 is 24.6 Å². The molecule has 0 saturated carbocycles. The van der Waals surface area contributed by atoms with Crippen LogP contribution < -0.4 is 19.5 Å².